The Kier molecular flexibility index (Phi) is 10.4. The maximum atomic E-state index is 12.7. The van der Waals surface area contributed by atoms with Gasteiger partial charge >= 0.3 is 0 Å². The predicted octanol–water partition coefficient (Wildman–Crippen LogP) is 6.46. The van der Waals surface area contributed by atoms with Crippen molar-refractivity contribution in [3.63, 3.8) is 0 Å². The lowest BCUT2D eigenvalue weighted by Gasteiger charge is -2.19. The van der Waals surface area contributed by atoms with Gasteiger partial charge in [0.1, 0.15) is 10.9 Å². The van der Waals surface area contributed by atoms with Crippen LogP contribution < -0.4 is 0 Å². The Morgan fingerprint density at radius 3 is 2.64 bits per heavy atom. The molecule has 0 N–H and O–H groups in total. The van der Waals surface area contributed by atoms with Crippen molar-refractivity contribution in [1.82, 2.24) is 29.8 Å². The Bertz CT molecular complexity index is 1140. The van der Waals surface area contributed by atoms with Crippen LogP contribution in [0.3, 0.4) is 0 Å². The minimum absolute atomic E-state index is 0.214. The van der Waals surface area contributed by atoms with Crippen LogP contribution in [-0.2, 0) is 17.8 Å². The Morgan fingerprint density at radius 2 is 1.94 bits per heavy atom. The number of halogens is 1. The van der Waals surface area contributed by atoms with Gasteiger partial charge in [0.05, 0.1) is 24.0 Å². The second kappa shape index (κ2) is 13.3. The zero-order chi connectivity index (χ0) is 26.2. The van der Waals surface area contributed by atoms with Crippen LogP contribution in [0.1, 0.15) is 96.8 Å². The summed E-state index contributed by atoms with van der Waals surface area (Å²) in [4.78, 5) is 24.4. The number of carbonyl (C=O) groups excluding carboxylic acids is 1. The van der Waals surface area contributed by atoms with Gasteiger partial charge < -0.3 is 9.42 Å². The van der Waals surface area contributed by atoms with Crippen molar-refractivity contribution in [2.45, 2.75) is 104 Å². The molecule has 0 amide bonds. The first kappa shape index (κ1) is 28.3. The lowest BCUT2D eigenvalue weighted by Crippen LogP contribution is -2.29. The number of likely N-dealkylation sites (tertiary alicyclic amines) is 1. The molecule has 4 heterocycles. The third-order valence-electron chi connectivity index (χ3n) is 6.94. The summed E-state index contributed by atoms with van der Waals surface area (Å²) in [6.07, 6.45) is 9.11. The molecular weight excluding hydrogens is 476 g/mol. The van der Waals surface area contributed by atoms with Crippen LogP contribution in [0.15, 0.2) is 10.7 Å². The standard InChI is InChI=1S/C23H29ClN6O2.2C2H6/c1-3-4-10-18(31)15-8-5-9-16-19(28-32-20(15)16)22-26-21(24)17-12-25-30(23(17)27-22)13-14-7-6-11-29(14)2;2*1-2/h12,14-15H,3-11,13H2,1-2H3;2*1-2H3. The SMILES string of the molecule is CC.CC.CCCCC(=O)C1CCCc2c(-c3nc(Cl)c4cnn(CC5CCCN5C)c4n3)noc21. The highest BCUT2D eigenvalue weighted by atomic mass is 35.5. The van der Waals surface area contributed by atoms with E-state index in [2.05, 4.69) is 34.1 Å². The molecule has 3 aromatic rings. The number of nitrogens with zero attached hydrogens (tertiary/aromatic N) is 6. The molecular formula is C27H41ClN6O2. The maximum Gasteiger partial charge on any atom is 0.185 e. The summed E-state index contributed by atoms with van der Waals surface area (Å²) in [7, 11) is 2.15. The average Bonchev–Trinajstić information content (AvgIpc) is 3.64. The average molecular weight is 517 g/mol. The van der Waals surface area contributed by atoms with Gasteiger partial charge in [-0.3, -0.25) is 4.79 Å². The molecule has 0 saturated carbocycles. The Morgan fingerprint density at radius 1 is 1.17 bits per heavy atom. The van der Waals surface area contributed by atoms with E-state index < -0.39 is 0 Å². The number of rotatable bonds is 7. The minimum Gasteiger partial charge on any atom is -0.360 e. The van der Waals surface area contributed by atoms with Crippen molar-refractivity contribution in [2.75, 3.05) is 13.6 Å². The van der Waals surface area contributed by atoms with Crippen LogP contribution in [0.2, 0.25) is 5.15 Å². The molecule has 198 valence electrons. The topological polar surface area (TPSA) is 89.9 Å². The van der Waals surface area contributed by atoms with Gasteiger partial charge in [0.25, 0.3) is 0 Å². The summed E-state index contributed by atoms with van der Waals surface area (Å²) in [5.41, 5.74) is 2.26. The summed E-state index contributed by atoms with van der Waals surface area (Å²) in [6, 6.07) is 0.435. The smallest absolute Gasteiger partial charge is 0.185 e. The quantitative estimate of drug-likeness (QED) is 0.333. The minimum atomic E-state index is -0.214. The van der Waals surface area contributed by atoms with Crippen LogP contribution in [0, 0.1) is 0 Å². The lowest BCUT2D eigenvalue weighted by atomic mass is 9.83. The molecule has 0 spiro atoms. The zero-order valence-electron chi connectivity index (χ0n) is 22.7. The molecule has 1 aliphatic carbocycles. The second-order valence-electron chi connectivity index (χ2n) is 9.07. The fourth-order valence-corrected chi connectivity index (χ4v) is 5.24. The number of ketones is 1. The maximum absolute atomic E-state index is 12.7. The van der Waals surface area contributed by atoms with E-state index in [9.17, 15) is 4.79 Å². The van der Waals surface area contributed by atoms with Gasteiger partial charge in [-0.05, 0) is 52.1 Å². The van der Waals surface area contributed by atoms with E-state index in [1.54, 1.807) is 6.20 Å². The number of aromatic nitrogens is 5. The van der Waals surface area contributed by atoms with Gasteiger partial charge in [-0.2, -0.15) is 5.10 Å². The highest BCUT2D eigenvalue weighted by Crippen LogP contribution is 2.38. The third kappa shape index (κ3) is 5.80. The van der Waals surface area contributed by atoms with Crippen molar-refractivity contribution < 1.29 is 9.32 Å². The van der Waals surface area contributed by atoms with E-state index in [4.69, 9.17) is 21.1 Å². The summed E-state index contributed by atoms with van der Waals surface area (Å²) >= 11 is 6.53. The molecule has 9 heteroatoms. The summed E-state index contributed by atoms with van der Waals surface area (Å²) in [5.74, 6) is 1.15. The Hall–Kier alpha value is -2.32. The fraction of sp³-hybridized carbons (Fsp3) is 0.667. The molecule has 3 aromatic heterocycles. The molecule has 1 saturated heterocycles. The van der Waals surface area contributed by atoms with Crippen molar-refractivity contribution in [2.24, 2.45) is 0 Å². The number of unbranched alkanes of at least 4 members (excludes halogenated alkanes) is 1. The Labute approximate surface area is 219 Å². The monoisotopic (exact) mass is 516 g/mol. The van der Waals surface area contributed by atoms with E-state index in [1.807, 2.05) is 32.4 Å². The highest BCUT2D eigenvalue weighted by Gasteiger charge is 2.33. The number of fused-ring (bicyclic) bond motifs is 2. The summed E-state index contributed by atoms with van der Waals surface area (Å²) in [6.45, 7) is 12.0. The molecule has 0 bridgehead atoms. The van der Waals surface area contributed by atoms with E-state index in [0.717, 1.165) is 62.6 Å². The van der Waals surface area contributed by atoms with Crippen LogP contribution in [0.25, 0.3) is 22.6 Å². The second-order valence-corrected chi connectivity index (χ2v) is 9.43. The summed E-state index contributed by atoms with van der Waals surface area (Å²) in [5, 5.41) is 9.95. The Balaban J connectivity index is 0.000000861. The zero-order valence-corrected chi connectivity index (χ0v) is 23.4. The van der Waals surface area contributed by atoms with Crippen molar-refractivity contribution in [1.29, 1.82) is 0 Å². The van der Waals surface area contributed by atoms with E-state index in [0.29, 0.717) is 40.5 Å². The predicted molar refractivity (Wildman–Crippen MR) is 144 cm³/mol. The fourth-order valence-electron chi connectivity index (χ4n) is 5.03. The molecule has 8 nitrogen and oxygen atoms in total. The van der Waals surface area contributed by atoms with Gasteiger partial charge in [0, 0.05) is 18.0 Å². The van der Waals surface area contributed by atoms with Gasteiger partial charge in [-0.15, -0.1) is 0 Å². The number of likely N-dealkylation sites (N-methyl/N-ethyl adjacent to an activating group) is 1. The molecule has 2 aliphatic rings. The molecule has 0 radical (unpaired) electrons. The van der Waals surface area contributed by atoms with Gasteiger partial charge in [-0.1, -0.05) is 57.8 Å². The number of hydrogen-bond donors (Lipinski definition) is 0. The number of carbonyl (C=O) groups is 1. The van der Waals surface area contributed by atoms with Crippen molar-refractivity contribution in [3.05, 3.63) is 22.7 Å². The molecule has 36 heavy (non-hydrogen) atoms. The molecule has 5 rings (SSSR count). The first-order valence-corrected chi connectivity index (χ1v) is 14.1. The van der Waals surface area contributed by atoms with E-state index in [1.165, 1.54) is 6.42 Å². The lowest BCUT2D eigenvalue weighted by molar-refractivity contribution is -0.121. The van der Waals surface area contributed by atoms with Gasteiger partial charge in [-0.25, -0.2) is 14.6 Å². The number of hydrogen-bond acceptors (Lipinski definition) is 7. The van der Waals surface area contributed by atoms with Crippen molar-refractivity contribution >= 4 is 28.4 Å². The van der Waals surface area contributed by atoms with Gasteiger partial charge in [0.2, 0.25) is 0 Å². The van der Waals surface area contributed by atoms with Gasteiger partial charge in [0.15, 0.2) is 22.9 Å². The highest BCUT2D eigenvalue weighted by molar-refractivity contribution is 6.34. The van der Waals surface area contributed by atoms with E-state index in [-0.39, 0.29) is 11.7 Å². The molecule has 1 aliphatic heterocycles. The normalized spacial score (nSPS) is 19.3. The molecule has 0 aromatic carbocycles. The molecule has 1 fully saturated rings. The largest absolute Gasteiger partial charge is 0.360 e. The van der Waals surface area contributed by atoms with Crippen LogP contribution in [0.5, 0.6) is 0 Å². The number of Topliss-reactive ketones (excluding diaryl/α,β-unsaturated/α-hetero) is 1. The van der Waals surface area contributed by atoms with E-state index >= 15 is 0 Å². The van der Waals surface area contributed by atoms with Crippen molar-refractivity contribution in [3.8, 4) is 11.5 Å². The molecule has 2 unspecified atom stereocenters. The first-order chi connectivity index (χ1) is 17.6. The van der Waals surface area contributed by atoms with Crippen LogP contribution >= 0.6 is 11.6 Å². The first-order valence-electron chi connectivity index (χ1n) is 13.7. The van der Waals surface area contributed by atoms with Crippen LogP contribution in [0.4, 0.5) is 0 Å². The third-order valence-corrected chi connectivity index (χ3v) is 7.22. The summed E-state index contributed by atoms with van der Waals surface area (Å²) < 4.78 is 7.64. The van der Waals surface area contributed by atoms with Crippen LogP contribution in [-0.4, -0.2) is 55.2 Å². The molecule has 2 atom stereocenters.